The minimum absolute atomic E-state index is 0.478. The van der Waals surface area contributed by atoms with Gasteiger partial charge in [0.05, 0.1) is 6.10 Å². The zero-order chi connectivity index (χ0) is 7.98. The van der Waals surface area contributed by atoms with E-state index in [0.717, 1.165) is 5.57 Å². The zero-order valence-electron chi connectivity index (χ0n) is 6.54. The third kappa shape index (κ3) is 5.54. The summed E-state index contributed by atoms with van der Waals surface area (Å²) in [6, 6.07) is 0. The van der Waals surface area contributed by atoms with Crippen molar-refractivity contribution < 1.29 is 5.11 Å². The van der Waals surface area contributed by atoms with Crippen molar-refractivity contribution in [3.63, 3.8) is 0 Å². The maximum atomic E-state index is 9.13. The number of nitrogens with two attached hydrogens (primary N) is 1. The zero-order valence-corrected chi connectivity index (χ0v) is 6.54. The summed E-state index contributed by atoms with van der Waals surface area (Å²) in [6.07, 6.45) is 4.71. The van der Waals surface area contributed by atoms with Crippen molar-refractivity contribution in [2.75, 3.05) is 6.54 Å². The summed E-state index contributed by atoms with van der Waals surface area (Å²) in [5, 5.41) is 9.13. The van der Waals surface area contributed by atoms with Crippen molar-refractivity contribution in [3.8, 4) is 0 Å². The molecule has 0 radical (unpaired) electrons. The average molecular weight is 141 g/mol. The monoisotopic (exact) mass is 141 g/mol. The lowest BCUT2D eigenvalue weighted by Gasteiger charge is -1.97. The molecule has 1 atom stereocenters. The molecular weight excluding hydrogens is 126 g/mol. The molecule has 0 spiro atoms. The number of aliphatic hydroxyl groups excluding tert-OH is 1. The lowest BCUT2D eigenvalue weighted by molar-refractivity contribution is 0.270. The Morgan fingerprint density at radius 2 is 2.20 bits per heavy atom. The first kappa shape index (κ1) is 9.40. The summed E-state index contributed by atoms with van der Waals surface area (Å²) < 4.78 is 0. The summed E-state index contributed by atoms with van der Waals surface area (Å²) in [5.74, 6) is 0. The molecule has 1 unspecified atom stereocenters. The molecule has 0 aliphatic carbocycles. The molecule has 2 heteroatoms. The summed E-state index contributed by atoms with van der Waals surface area (Å²) >= 11 is 0. The van der Waals surface area contributed by atoms with Crippen LogP contribution in [0.5, 0.6) is 0 Å². The molecule has 0 aromatic heterocycles. The highest BCUT2D eigenvalue weighted by atomic mass is 16.3. The molecule has 0 aromatic carbocycles. The second-order valence-electron chi connectivity index (χ2n) is 2.40. The van der Waals surface area contributed by atoms with Gasteiger partial charge in [-0.3, -0.25) is 0 Å². The summed E-state index contributed by atoms with van der Waals surface area (Å²) in [7, 11) is 0. The van der Waals surface area contributed by atoms with Crippen LogP contribution < -0.4 is 5.73 Å². The van der Waals surface area contributed by atoms with Crippen LogP contribution in [-0.2, 0) is 0 Å². The van der Waals surface area contributed by atoms with Crippen LogP contribution in [0.15, 0.2) is 23.8 Å². The van der Waals surface area contributed by atoms with Gasteiger partial charge in [-0.05, 0) is 13.8 Å². The third-order valence-electron chi connectivity index (χ3n) is 0.973. The predicted molar refractivity (Wildman–Crippen MR) is 43.6 cm³/mol. The molecule has 0 heterocycles. The van der Waals surface area contributed by atoms with Gasteiger partial charge in [0.15, 0.2) is 0 Å². The fourth-order valence-corrected chi connectivity index (χ4v) is 0.615. The van der Waals surface area contributed by atoms with Crippen LogP contribution in [0, 0.1) is 0 Å². The van der Waals surface area contributed by atoms with Gasteiger partial charge in [-0.2, -0.15) is 0 Å². The van der Waals surface area contributed by atoms with Gasteiger partial charge in [-0.25, -0.2) is 0 Å². The smallest absolute Gasteiger partial charge is 0.0905 e. The van der Waals surface area contributed by atoms with Crippen LogP contribution in [0.3, 0.4) is 0 Å². The molecule has 0 saturated carbocycles. The normalized spacial score (nSPS) is 13.6. The van der Waals surface area contributed by atoms with E-state index < -0.39 is 6.10 Å². The van der Waals surface area contributed by atoms with Gasteiger partial charge in [-0.1, -0.05) is 23.8 Å². The van der Waals surface area contributed by atoms with E-state index in [9.17, 15) is 0 Å². The Morgan fingerprint density at radius 3 is 2.60 bits per heavy atom. The van der Waals surface area contributed by atoms with Gasteiger partial charge < -0.3 is 10.8 Å². The number of hydrogen-bond donors (Lipinski definition) is 2. The summed E-state index contributed by atoms with van der Waals surface area (Å²) in [6.45, 7) is 4.37. The topological polar surface area (TPSA) is 46.2 Å². The van der Waals surface area contributed by atoms with Crippen LogP contribution >= 0.6 is 0 Å². The first-order valence-electron chi connectivity index (χ1n) is 3.36. The Bertz CT molecular complexity index is 134. The SMILES string of the molecule is CC(C)=CC(O)/C=C\CN. The van der Waals surface area contributed by atoms with Crippen molar-refractivity contribution in [2.24, 2.45) is 5.73 Å². The fraction of sp³-hybridized carbons (Fsp3) is 0.500. The van der Waals surface area contributed by atoms with Crippen LogP contribution in [-0.4, -0.2) is 17.8 Å². The lowest BCUT2D eigenvalue weighted by Crippen LogP contribution is -2.00. The molecule has 0 bridgehead atoms. The van der Waals surface area contributed by atoms with E-state index in [4.69, 9.17) is 10.8 Å². The molecule has 0 aliphatic rings. The maximum absolute atomic E-state index is 9.13. The maximum Gasteiger partial charge on any atom is 0.0905 e. The molecule has 0 amide bonds. The highest BCUT2D eigenvalue weighted by Gasteiger charge is 1.89. The van der Waals surface area contributed by atoms with Gasteiger partial charge in [0.1, 0.15) is 0 Å². The minimum Gasteiger partial charge on any atom is -0.385 e. The van der Waals surface area contributed by atoms with E-state index in [0.29, 0.717) is 6.54 Å². The summed E-state index contributed by atoms with van der Waals surface area (Å²) in [5.41, 5.74) is 6.29. The van der Waals surface area contributed by atoms with E-state index >= 15 is 0 Å². The van der Waals surface area contributed by atoms with Crippen molar-refractivity contribution in [2.45, 2.75) is 20.0 Å². The highest BCUT2D eigenvalue weighted by molar-refractivity contribution is 5.06. The van der Waals surface area contributed by atoms with Gasteiger partial charge in [0.25, 0.3) is 0 Å². The standard InChI is InChI=1S/C8H15NO/c1-7(2)6-8(10)4-3-5-9/h3-4,6,8,10H,5,9H2,1-2H3/b4-3-. The predicted octanol–water partition coefficient (Wildman–Crippen LogP) is 0.828. The molecular formula is C8H15NO. The summed E-state index contributed by atoms with van der Waals surface area (Å²) in [4.78, 5) is 0. The second kappa shape index (κ2) is 5.21. The minimum atomic E-state index is -0.478. The van der Waals surface area contributed by atoms with Crippen molar-refractivity contribution >= 4 is 0 Å². The molecule has 0 fully saturated rings. The molecule has 2 nitrogen and oxygen atoms in total. The molecule has 0 aromatic rings. The second-order valence-corrected chi connectivity index (χ2v) is 2.40. The van der Waals surface area contributed by atoms with Crippen LogP contribution in [0.1, 0.15) is 13.8 Å². The van der Waals surface area contributed by atoms with Crippen molar-refractivity contribution in [1.29, 1.82) is 0 Å². The average Bonchev–Trinajstić information content (AvgIpc) is 1.82. The van der Waals surface area contributed by atoms with E-state index in [1.165, 1.54) is 0 Å². The van der Waals surface area contributed by atoms with Crippen LogP contribution in [0.4, 0.5) is 0 Å². The molecule has 0 rings (SSSR count). The quantitative estimate of drug-likeness (QED) is 0.572. The molecule has 0 saturated heterocycles. The Hall–Kier alpha value is -0.600. The van der Waals surface area contributed by atoms with Crippen molar-refractivity contribution in [3.05, 3.63) is 23.8 Å². The molecule has 58 valence electrons. The van der Waals surface area contributed by atoms with Crippen LogP contribution in [0.25, 0.3) is 0 Å². The lowest BCUT2D eigenvalue weighted by atomic mass is 10.2. The van der Waals surface area contributed by atoms with Crippen LogP contribution in [0.2, 0.25) is 0 Å². The fourth-order valence-electron chi connectivity index (χ4n) is 0.615. The number of aliphatic hydroxyl groups is 1. The number of rotatable bonds is 3. The largest absolute Gasteiger partial charge is 0.385 e. The van der Waals surface area contributed by atoms with E-state index in [2.05, 4.69) is 0 Å². The van der Waals surface area contributed by atoms with Gasteiger partial charge >= 0.3 is 0 Å². The number of allylic oxidation sites excluding steroid dienone is 1. The Labute approximate surface area is 62.0 Å². The first-order valence-corrected chi connectivity index (χ1v) is 3.36. The molecule has 3 N–H and O–H groups in total. The molecule has 0 aliphatic heterocycles. The Kier molecular flexibility index (Phi) is 4.89. The first-order chi connectivity index (χ1) is 4.66. The van der Waals surface area contributed by atoms with Gasteiger partial charge in [-0.15, -0.1) is 0 Å². The third-order valence-corrected chi connectivity index (χ3v) is 0.973. The Balaban J connectivity index is 3.74. The van der Waals surface area contributed by atoms with E-state index in [1.807, 2.05) is 13.8 Å². The van der Waals surface area contributed by atoms with E-state index in [1.54, 1.807) is 18.2 Å². The molecule has 10 heavy (non-hydrogen) atoms. The number of hydrogen-bond acceptors (Lipinski definition) is 2. The highest BCUT2D eigenvalue weighted by Crippen LogP contribution is 1.94. The van der Waals surface area contributed by atoms with Gasteiger partial charge in [0, 0.05) is 6.54 Å². The van der Waals surface area contributed by atoms with Gasteiger partial charge in [0.2, 0.25) is 0 Å². The van der Waals surface area contributed by atoms with Crippen molar-refractivity contribution in [1.82, 2.24) is 0 Å². The van der Waals surface area contributed by atoms with E-state index in [-0.39, 0.29) is 0 Å². The Morgan fingerprint density at radius 1 is 1.60 bits per heavy atom.